The molecular weight excluding hydrogens is 450 g/mol. The lowest BCUT2D eigenvalue weighted by atomic mass is 9.78. The van der Waals surface area contributed by atoms with E-state index in [1.807, 2.05) is 18.9 Å². The average Bonchev–Trinajstić information content (AvgIpc) is 3.31. The molecule has 3 aliphatic rings. The third-order valence-corrected chi connectivity index (χ3v) is 8.31. The SMILES string of the molecule is CCO[C@@H]1OC(C(=O)N(C)C2CCCCC2)=C[C@H](c2cccc3c2Cc2ccccc2-3)[C@H]1CCCO. The van der Waals surface area contributed by atoms with Gasteiger partial charge >= 0.3 is 0 Å². The number of allylic oxidation sites excluding steroid dienone is 1. The summed E-state index contributed by atoms with van der Waals surface area (Å²) in [5.74, 6) is 0.349. The predicted molar refractivity (Wildman–Crippen MR) is 141 cm³/mol. The van der Waals surface area contributed by atoms with Gasteiger partial charge in [-0.2, -0.15) is 0 Å². The van der Waals surface area contributed by atoms with Crippen LogP contribution in [-0.2, 0) is 20.7 Å². The number of aliphatic hydroxyl groups excluding tert-OH is 1. The van der Waals surface area contributed by atoms with Gasteiger partial charge in [-0.25, -0.2) is 0 Å². The molecule has 1 saturated carbocycles. The lowest BCUT2D eigenvalue weighted by Crippen LogP contribution is -2.43. The first-order valence-corrected chi connectivity index (χ1v) is 13.7. The summed E-state index contributed by atoms with van der Waals surface area (Å²) >= 11 is 0. The monoisotopic (exact) mass is 489 g/mol. The summed E-state index contributed by atoms with van der Waals surface area (Å²) in [7, 11) is 1.92. The third kappa shape index (κ3) is 4.83. The summed E-state index contributed by atoms with van der Waals surface area (Å²) in [6, 6.07) is 15.4. The van der Waals surface area contributed by atoms with E-state index in [9.17, 15) is 9.90 Å². The van der Waals surface area contributed by atoms with Crippen molar-refractivity contribution in [2.75, 3.05) is 20.3 Å². The van der Waals surface area contributed by atoms with Crippen LogP contribution in [0.1, 0.15) is 74.5 Å². The first kappa shape index (κ1) is 25.0. The maximum Gasteiger partial charge on any atom is 0.288 e. The summed E-state index contributed by atoms with van der Waals surface area (Å²) in [4.78, 5) is 15.6. The molecule has 0 spiro atoms. The van der Waals surface area contributed by atoms with Gasteiger partial charge in [0.05, 0.1) is 0 Å². The van der Waals surface area contributed by atoms with Gasteiger partial charge in [-0.1, -0.05) is 61.7 Å². The zero-order chi connectivity index (χ0) is 25.1. The predicted octanol–water partition coefficient (Wildman–Crippen LogP) is 5.80. The average molecular weight is 490 g/mol. The molecule has 0 aromatic heterocycles. The number of likely N-dealkylation sites (N-methyl/N-ethyl adjacent to an activating group) is 1. The van der Waals surface area contributed by atoms with Crippen LogP contribution in [0.25, 0.3) is 11.1 Å². The van der Waals surface area contributed by atoms with E-state index in [0.29, 0.717) is 18.8 Å². The Kier molecular flexibility index (Phi) is 7.78. The molecule has 0 saturated heterocycles. The number of carbonyl (C=O) groups excluding carboxylic acids is 1. The van der Waals surface area contributed by atoms with Gasteiger partial charge in [0, 0.05) is 38.1 Å². The molecule has 192 valence electrons. The van der Waals surface area contributed by atoms with E-state index >= 15 is 0 Å². The Morgan fingerprint density at radius 3 is 2.64 bits per heavy atom. The van der Waals surface area contributed by atoms with E-state index < -0.39 is 6.29 Å². The van der Waals surface area contributed by atoms with Gasteiger partial charge in [0.2, 0.25) is 6.29 Å². The topological polar surface area (TPSA) is 59.0 Å². The van der Waals surface area contributed by atoms with Crippen LogP contribution < -0.4 is 0 Å². The largest absolute Gasteiger partial charge is 0.459 e. The van der Waals surface area contributed by atoms with E-state index in [4.69, 9.17) is 9.47 Å². The molecule has 5 nitrogen and oxygen atoms in total. The molecule has 1 fully saturated rings. The van der Waals surface area contributed by atoms with Crippen molar-refractivity contribution in [3.63, 3.8) is 0 Å². The Balaban J connectivity index is 1.54. The quantitative estimate of drug-likeness (QED) is 0.435. The zero-order valence-electron chi connectivity index (χ0n) is 21.6. The first-order valence-electron chi connectivity index (χ1n) is 13.7. The lowest BCUT2D eigenvalue weighted by Gasteiger charge is -2.39. The van der Waals surface area contributed by atoms with E-state index in [1.165, 1.54) is 47.1 Å². The Hall–Kier alpha value is -2.63. The summed E-state index contributed by atoms with van der Waals surface area (Å²) in [5, 5.41) is 9.64. The summed E-state index contributed by atoms with van der Waals surface area (Å²) in [6.45, 7) is 2.60. The number of benzene rings is 2. The molecular formula is C31H39NO4. The van der Waals surface area contributed by atoms with Crippen LogP contribution in [0, 0.1) is 5.92 Å². The molecule has 3 atom stereocenters. The maximum absolute atomic E-state index is 13.7. The van der Waals surface area contributed by atoms with Crippen molar-refractivity contribution in [1.29, 1.82) is 0 Å². The van der Waals surface area contributed by atoms with Gasteiger partial charge in [0.1, 0.15) is 0 Å². The molecule has 0 radical (unpaired) electrons. The van der Waals surface area contributed by atoms with Gasteiger partial charge in [-0.05, 0) is 72.9 Å². The minimum absolute atomic E-state index is 0.0175. The molecule has 1 N–H and O–H groups in total. The molecule has 2 aromatic carbocycles. The van der Waals surface area contributed by atoms with E-state index in [2.05, 4.69) is 48.5 Å². The number of carbonyl (C=O) groups is 1. The van der Waals surface area contributed by atoms with Crippen molar-refractivity contribution in [2.24, 2.45) is 5.92 Å². The zero-order valence-corrected chi connectivity index (χ0v) is 21.6. The molecule has 2 aromatic rings. The van der Waals surface area contributed by atoms with Crippen molar-refractivity contribution in [1.82, 2.24) is 4.90 Å². The highest BCUT2D eigenvalue weighted by atomic mass is 16.7. The summed E-state index contributed by atoms with van der Waals surface area (Å²) < 4.78 is 12.4. The Bertz CT molecular complexity index is 1100. The molecule has 0 unspecified atom stereocenters. The highest BCUT2D eigenvalue weighted by Gasteiger charge is 2.40. The second-order valence-corrected chi connectivity index (χ2v) is 10.4. The molecule has 5 heteroatoms. The molecule has 5 rings (SSSR count). The number of hydrogen-bond donors (Lipinski definition) is 1. The number of rotatable bonds is 8. The molecule has 1 heterocycles. The molecule has 0 bridgehead atoms. The van der Waals surface area contributed by atoms with Crippen LogP contribution >= 0.6 is 0 Å². The Morgan fingerprint density at radius 2 is 1.86 bits per heavy atom. The second-order valence-electron chi connectivity index (χ2n) is 10.4. The number of ether oxygens (including phenoxy) is 2. The number of hydrogen-bond acceptors (Lipinski definition) is 4. The van der Waals surface area contributed by atoms with Crippen LogP contribution in [0.5, 0.6) is 0 Å². The highest BCUT2D eigenvalue weighted by Crippen LogP contribution is 2.46. The second kappa shape index (κ2) is 11.2. The van der Waals surface area contributed by atoms with Crippen LogP contribution in [0.15, 0.2) is 54.3 Å². The highest BCUT2D eigenvalue weighted by molar-refractivity contribution is 5.92. The van der Waals surface area contributed by atoms with Crippen molar-refractivity contribution >= 4 is 5.91 Å². The molecule has 1 aliphatic heterocycles. The van der Waals surface area contributed by atoms with Crippen molar-refractivity contribution in [3.8, 4) is 11.1 Å². The van der Waals surface area contributed by atoms with Gasteiger partial charge in [-0.3, -0.25) is 4.79 Å². The number of aliphatic hydroxyl groups is 1. The summed E-state index contributed by atoms with van der Waals surface area (Å²) in [5.41, 5.74) is 6.50. The lowest BCUT2D eigenvalue weighted by molar-refractivity contribution is -0.170. The number of nitrogens with zero attached hydrogens (tertiary/aromatic N) is 1. The Labute approximate surface area is 215 Å². The number of amides is 1. The fourth-order valence-electron chi connectivity index (χ4n) is 6.42. The van der Waals surface area contributed by atoms with Crippen LogP contribution in [0.2, 0.25) is 0 Å². The van der Waals surface area contributed by atoms with Crippen molar-refractivity contribution < 1.29 is 19.4 Å². The minimum atomic E-state index is -0.519. The van der Waals surface area contributed by atoms with Gasteiger partial charge < -0.3 is 19.5 Å². The van der Waals surface area contributed by atoms with E-state index in [-0.39, 0.29) is 30.4 Å². The van der Waals surface area contributed by atoms with Crippen molar-refractivity contribution in [3.05, 3.63) is 71.0 Å². The van der Waals surface area contributed by atoms with E-state index in [0.717, 1.165) is 25.7 Å². The van der Waals surface area contributed by atoms with Gasteiger partial charge in [-0.15, -0.1) is 0 Å². The molecule has 2 aliphatic carbocycles. The fourth-order valence-corrected chi connectivity index (χ4v) is 6.42. The molecule has 1 amide bonds. The third-order valence-electron chi connectivity index (χ3n) is 8.31. The standard InChI is InChI=1S/C31H39NO4/c1-3-35-31-26(17-10-18-33)28(20-29(36-31)30(34)32(2)22-12-5-4-6-13-22)25-16-9-15-24-23-14-8-7-11-21(23)19-27(24)25/h7-9,11,14-16,20,22,26,28,31,33H,3-6,10,12-13,17-19H2,1-2H3/t26-,28-,31-/m1/s1. The summed E-state index contributed by atoms with van der Waals surface area (Å²) in [6.07, 6.45) is 9.56. The van der Waals surface area contributed by atoms with Gasteiger partial charge in [0.25, 0.3) is 5.91 Å². The maximum atomic E-state index is 13.7. The Morgan fingerprint density at radius 1 is 1.08 bits per heavy atom. The van der Waals surface area contributed by atoms with Crippen molar-refractivity contribution in [2.45, 2.75) is 76.5 Å². The first-order chi connectivity index (χ1) is 17.6. The van der Waals surface area contributed by atoms with Gasteiger partial charge in [0.15, 0.2) is 5.76 Å². The molecule has 36 heavy (non-hydrogen) atoms. The number of fused-ring (bicyclic) bond motifs is 3. The smallest absolute Gasteiger partial charge is 0.288 e. The fraction of sp³-hybridized carbons (Fsp3) is 0.516. The van der Waals surface area contributed by atoms with Crippen LogP contribution in [0.4, 0.5) is 0 Å². The van der Waals surface area contributed by atoms with Crippen LogP contribution in [-0.4, -0.2) is 48.5 Å². The van der Waals surface area contributed by atoms with Crippen LogP contribution in [0.3, 0.4) is 0 Å². The normalized spacial score (nSPS) is 23.4. The van der Waals surface area contributed by atoms with E-state index in [1.54, 1.807) is 0 Å². The minimum Gasteiger partial charge on any atom is -0.459 e.